The van der Waals surface area contributed by atoms with E-state index in [1.54, 1.807) is 36.4 Å². The van der Waals surface area contributed by atoms with E-state index in [0.29, 0.717) is 32.2 Å². The summed E-state index contributed by atoms with van der Waals surface area (Å²) < 4.78 is 11.1. The maximum Gasteiger partial charge on any atom is 0.255 e. The van der Waals surface area contributed by atoms with E-state index in [-0.39, 0.29) is 5.91 Å². The second-order valence-corrected chi connectivity index (χ2v) is 5.33. The molecule has 1 N–H and O–H groups in total. The first-order chi connectivity index (χ1) is 10.1. The summed E-state index contributed by atoms with van der Waals surface area (Å²) >= 11 is 9.39. The number of anilines is 1. The normalized spacial score (nSPS) is 10.1. The molecule has 0 bridgehead atoms. The van der Waals surface area contributed by atoms with Crippen LogP contribution in [0.5, 0.6) is 11.5 Å². The fraction of sp³-hybridized carbons (Fsp3) is 0.133. The lowest BCUT2D eigenvalue weighted by atomic mass is 10.1. The molecule has 0 aromatic heterocycles. The van der Waals surface area contributed by atoms with Crippen LogP contribution < -0.4 is 14.8 Å². The minimum Gasteiger partial charge on any atom is -0.495 e. The van der Waals surface area contributed by atoms with Gasteiger partial charge in [0, 0.05) is 5.56 Å². The van der Waals surface area contributed by atoms with Gasteiger partial charge in [-0.05, 0) is 40.2 Å². The Morgan fingerprint density at radius 3 is 2.24 bits per heavy atom. The highest BCUT2D eigenvalue weighted by molar-refractivity contribution is 9.10. The molecule has 0 heterocycles. The largest absolute Gasteiger partial charge is 0.495 e. The maximum atomic E-state index is 12.3. The Morgan fingerprint density at radius 2 is 1.71 bits per heavy atom. The van der Waals surface area contributed by atoms with Gasteiger partial charge in [0.25, 0.3) is 5.91 Å². The molecule has 0 saturated heterocycles. The molecule has 0 unspecified atom stereocenters. The van der Waals surface area contributed by atoms with Gasteiger partial charge in [-0.15, -0.1) is 0 Å². The molecule has 0 aliphatic heterocycles. The van der Waals surface area contributed by atoms with Crippen LogP contribution in [0.2, 0.25) is 5.02 Å². The van der Waals surface area contributed by atoms with Gasteiger partial charge in [0.15, 0.2) is 0 Å². The minimum atomic E-state index is -0.299. The van der Waals surface area contributed by atoms with Crippen LogP contribution in [-0.2, 0) is 0 Å². The van der Waals surface area contributed by atoms with E-state index in [0.717, 1.165) is 0 Å². The number of nitrogens with one attached hydrogen (secondary N) is 1. The van der Waals surface area contributed by atoms with Crippen molar-refractivity contribution in [3.05, 3.63) is 51.5 Å². The standard InChI is InChI=1S/C15H13BrClNO3/c1-20-12-7-9(8-13(21-2)14(12)16)15(19)18-11-6-4-3-5-10(11)17/h3-8H,1-2H3,(H,18,19). The van der Waals surface area contributed by atoms with Crippen molar-refractivity contribution in [2.75, 3.05) is 19.5 Å². The van der Waals surface area contributed by atoms with E-state index in [1.165, 1.54) is 14.2 Å². The number of rotatable bonds is 4. The smallest absolute Gasteiger partial charge is 0.255 e. The van der Waals surface area contributed by atoms with Gasteiger partial charge in [-0.3, -0.25) is 4.79 Å². The van der Waals surface area contributed by atoms with Gasteiger partial charge in [0.2, 0.25) is 0 Å². The third kappa shape index (κ3) is 3.49. The molecule has 0 radical (unpaired) electrons. The Labute approximate surface area is 136 Å². The van der Waals surface area contributed by atoms with Crippen LogP contribution in [-0.4, -0.2) is 20.1 Å². The lowest BCUT2D eigenvalue weighted by Crippen LogP contribution is -2.12. The molecule has 0 aliphatic carbocycles. The van der Waals surface area contributed by atoms with E-state index >= 15 is 0 Å². The molecule has 0 fully saturated rings. The van der Waals surface area contributed by atoms with Crippen molar-refractivity contribution in [3.63, 3.8) is 0 Å². The fourth-order valence-electron chi connectivity index (χ4n) is 1.76. The summed E-state index contributed by atoms with van der Waals surface area (Å²) in [5.74, 6) is 0.726. The third-order valence-electron chi connectivity index (χ3n) is 2.83. The zero-order valence-corrected chi connectivity index (χ0v) is 13.8. The topological polar surface area (TPSA) is 47.6 Å². The predicted octanol–water partition coefficient (Wildman–Crippen LogP) is 4.37. The minimum absolute atomic E-state index is 0.299. The second kappa shape index (κ2) is 6.83. The van der Waals surface area contributed by atoms with E-state index in [4.69, 9.17) is 21.1 Å². The summed E-state index contributed by atoms with van der Waals surface area (Å²) in [5.41, 5.74) is 0.955. The van der Waals surface area contributed by atoms with E-state index in [9.17, 15) is 4.79 Å². The number of ether oxygens (including phenoxy) is 2. The van der Waals surface area contributed by atoms with Crippen LogP contribution in [0.15, 0.2) is 40.9 Å². The van der Waals surface area contributed by atoms with Gasteiger partial charge in [0.1, 0.15) is 16.0 Å². The van der Waals surface area contributed by atoms with Gasteiger partial charge < -0.3 is 14.8 Å². The van der Waals surface area contributed by atoms with Crippen molar-refractivity contribution < 1.29 is 14.3 Å². The molecule has 2 rings (SSSR count). The SMILES string of the molecule is COc1cc(C(=O)Nc2ccccc2Cl)cc(OC)c1Br. The van der Waals surface area contributed by atoms with E-state index in [2.05, 4.69) is 21.2 Å². The van der Waals surface area contributed by atoms with Crippen LogP contribution >= 0.6 is 27.5 Å². The van der Waals surface area contributed by atoms with Crippen molar-refractivity contribution in [1.29, 1.82) is 0 Å². The van der Waals surface area contributed by atoms with Crippen LogP contribution in [0.4, 0.5) is 5.69 Å². The van der Waals surface area contributed by atoms with Crippen LogP contribution in [0.3, 0.4) is 0 Å². The van der Waals surface area contributed by atoms with Crippen LogP contribution in [0.25, 0.3) is 0 Å². The molecule has 1 amide bonds. The number of para-hydroxylation sites is 1. The first-order valence-electron chi connectivity index (χ1n) is 6.04. The maximum absolute atomic E-state index is 12.3. The lowest BCUT2D eigenvalue weighted by Gasteiger charge is -2.12. The summed E-state index contributed by atoms with van der Waals surface area (Å²) in [7, 11) is 3.05. The Balaban J connectivity index is 2.33. The second-order valence-electron chi connectivity index (χ2n) is 4.13. The number of amides is 1. The summed E-state index contributed by atoms with van der Waals surface area (Å²) in [6.45, 7) is 0. The average molecular weight is 371 g/mol. The third-order valence-corrected chi connectivity index (χ3v) is 3.94. The number of carbonyl (C=O) groups excluding carboxylic acids is 1. The number of carbonyl (C=O) groups is 1. The summed E-state index contributed by atoms with van der Waals surface area (Å²) in [4.78, 5) is 12.3. The number of halogens is 2. The summed E-state index contributed by atoms with van der Waals surface area (Å²) in [6, 6.07) is 10.3. The van der Waals surface area contributed by atoms with E-state index in [1.807, 2.05) is 0 Å². The fourth-order valence-corrected chi connectivity index (χ4v) is 2.49. The van der Waals surface area contributed by atoms with Gasteiger partial charge in [-0.1, -0.05) is 23.7 Å². The highest BCUT2D eigenvalue weighted by Gasteiger charge is 2.15. The van der Waals surface area contributed by atoms with Crippen molar-refractivity contribution >= 4 is 39.1 Å². The molecule has 110 valence electrons. The number of hydrogen-bond acceptors (Lipinski definition) is 3. The monoisotopic (exact) mass is 369 g/mol. The van der Waals surface area contributed by atoms with Crippen LogP contribution in [0, 0.1) is 0 Å². The van der Waals surface area contributed by atoms with Gasteiger partial charge >= 0.3 is 0 Å². The molecule has 0 aliphatic rings. The molecule has 4 nitrogen and oxygen atoms in total. The highest BCUT2D eigenvalue weighted by atomic mass is 79.9. The number of benzene rings is 2. The van der Waals surface area contributed by atoms with Gasteiger partial charge in [0.05, 0.1) is 24.9 Å². The van der Waals surface area contributed by atoms with Crippen LogP contribution in [0.1, 0.15) is 10.4 Å². The first-order valence-corrected chi connectivity index (χ1v) is 7.21. The zero-order valence-electron chi connectivity index (χ0n) is 11.4. The predicted molar refractivity (Wildman–Crippen MR) is 86.7 cm³/mol. The molecule has 21 heavy (non-hydrogen) atoms. The van der Waals surface area contributed by atoms with Crippen molar-refractivity contribution in [2.24, 2.45) is 0 Å². The first kappa shape index (κ1) is 15.7. The van der Waals surface area contributed by atoms with Gasteiger partial charge in [-0.2, -0.15) is 0 Å². The molecule has 6 heteroatoms. The lowest BCUT2D eigenvalue weighted by molar-refractivity contribution is 0.102. The average Bonchev–Trinajstić information content (AvgIpc) is 2.49. The van der Waals surface area contributed by atoms with E-state index < -0.39 is 0 Å². The van der Waals surface area contributed by atoms with Crippen molar-refractivity contribution in [2.45, 2.75) is 0 Å². The highest BCUT2D eigenvalue weighted by Crippen LogP contribution is 2.36. The van der Waals surface area contributed by atoms with Gasteiger partial charge in [-0.25, -0.2) is 0 Å². The summed E-state index contributed by atoms with van der Waals surface area (Å²) in [6.07, 6.45) is 0. The molecule has 0 spiro atoms. The number of hydrogen-bond donors (Lipinski definition) is 1. The molecule has 2 aromatic rings. The molecular formula is C15H13BrClNO3. The van der Waals surface area contributed by atoms with Crippen molar-refractivity contribution in [1.82, 2.24) is 0 Å². The Bertz CT molecular complexity index is 651. The van der Waals surface area contributed by atoms with Crippen molar-refractivity contribution in [3.8, 4) is 11.5 Å². The number of methoxy groups -OCH3 is 2. The molecular weight excluding hydrogens is 358 g/mol. The molecule has 2 aromatic carbocycles. The Kier molecular flexibility index (Phi) is 5.09. The quantitative estimate of drug-likeness (QED) is 0.869. The Morgan fingerprint density at radius 1 is 1.14 bits per heavy atom. The zero-order chi connectivity index (χ0) is 15.4. The molecule has 0 atom stereocenters. The summed E-state index contributed by atoms with van der Waals surface area (Å²) in [5, 5.41) is 3.23. The Hall–Kier alpha value is -1.72. The molecule has 0 saturated carbocycles.